The third-order valence-corrected chi connectivity index (χ3v) is 11.4. The van der Waals surface area contributed by atoms with E-state index in [4.69, 9.17) is 18.6 Å². The van der Waals surface area contributed by atoms with Crippen LogP contribution in [0.25, 0.3) is 5.57 Å². The van der Waals surface area contributed by atoms with E-state index in [-0.39, 0.29) is 5.04 Å². The third-order valence-electron chi connectivity index (χ3n) is 6.92. The summed E-state index contributed by atoms with van der Waals surface area (Å²) in [4.78, 5) is 13.3. The van der Waals surface area contributed by atoms with E-state index < -0.39 is 26.5 Å². The number of allylic oxidation sites excluding steroid dienone is 1. The average Bonchev–Trinajstić information content (AvgIpc) is 2.83. The number of rotatable bonds is 9. The van der Waals surface area contributed by atoms with Gasteiger partial charge < -0.3 is 18.6 Å². The molecule has 5 nitrogen and oxygen atoms in total. The lowest BCUT2D eigenvalue weighted by molar-refractivity contribution is -0.0527. The highest BCUT2D eigenvalue weighted by Crippen LogP contribution is 2.39. The van der Waals surface area contributed by atoms with Crippen LogP contribution in [-0.2, 0) is 13.9 Å². The van der Waals surface area contributed by atoms with E-state index in [1.807, 2.05) is 36.4 Å². The zero-order chi connectivity index (χ0) is 25.6. The first-order valence-electron chi connectivity index (χ1n) is 12.1. The van der Waals surface area contributed by atoms with Crippen molar-refractivity contribution in [1.29, 1.82) is 0 Å². The van der Waals surface area contributed by atoms with Crippen LogP contribution in [0.1, 0.15) is 43.1 Å². The maximum absolute atomic E-state index is 13.3. The molecule has 0 N–H and O–H groups in total. The summed E-state index contributed by atoms with van der Waals surface area (Å²) >= 11 is 0. The number of methoxy groups -OCH3 is 1. The Balaban J connectivity index is 1.98. The summed E-state index contributed by atoms with van der Waals surface area (Å²) < 4.78 is 24.2. The molecule has 2 aromatic rings. The molecule has 0 fully saturated rings. The summed E-state index contributed by atoms with van der Waals surface area (Å²) in [5.74, 6) is 0.271. The minimum atomic E-state index is -2.03. The van der Waals surface area contributed by atoms with Crippen LogP contribution in [0.2, 0.25) is 18.1 Å². The minimum Gasteiger partial charge on any atom is -0.497 e. The first-order valence-corrected chi connectivity index (χ1v) is 15.0. The molecule has 3 rings (SSSR count). The van der Waals surface area contributed by atoms with E-state index in [1.54, 1.807) is 31.4 Å². The number of hydrogen-bond donors (Lipinski definition) is 0. The van der Waals surface area contributed by atoms with Crippen LogP contribution in [0, 0.1) is 0 Å². The molecule has 0 saturated heterocycles. The molecule has 1 aliphatic heterocycles. The van der Waals surface area contributed by atoms with Crippen LogP contribution in [0.15, 0.2) is 72.8 Å². The van der Waals surface area contributed by atoms with Gasteiger partial charge in [0.1, 0.15) is 11.9 Å². The van der Waals surface area contributed by atoms with Crippen LogP contribution in [-0.4, -0.2) is 46.8 Å². The van der Waals surface area contributed by atoms with Gasteiger partial charge in [-0.2, -0.15) is 0 Å². The van der Waals surface area contributed by atoms with Crippen molar-refractivity contribution >= 4 is 19.9 Å². The van der Waals surface area contributed by atoms with Gasteiger partial charge in [-0.3, -0.25) is 0 Å². The summed E-state index contributed by atoms with van der Waals surface area (Å²) in [6.45, 7) is 15.8. The maximum Gasteiger partial charge on any atom is 0.338 e. The predicted octanol–water partition coefficient (Wildman–Crippen LogP) is 6.67. The molecule has 0 radical (unpaired) electrons. The molecule has 2 atom stereocenters. The summed E-state index contributed by atoms with van der Waals surface area (Å²) in [7, 11) is -0.438. The van der Waals surface area contributed by atoms with Gasteiger partial charge in [0.05, 0.1) is 25.9 Å². The van der Waals surface area contributed by atoms with E-state index in [1.165, 1.54) is 0 Å². The average molecular weight is 495 g/mol. The Labute approximate surface area is 210 Å². The molecular formula is C29H38O5Si. The third kappa shape index (κ3) is 6.51. The molecule has 35 heavy (non-hydrogen) atoms. The lowest BCUT2D eigenvalue weighted by Crippen LogP contribution is -2.47. The monoisotopic (exact) mass is 494 g/mol. The molecule has 0 saturated carbocycles. The molecule has 2 aromatic carbocycles. The summed E-state index contributed by atoms with van der Waals surface area (Å²) in [5, 5.41) is 0.0586. The lowest BCUT2D eigenvalue weighted by atomic mass is 9.88. The summed E-state index contributed by atoms with van der Waals surface area (Å²) in [6, 6.07) is 17.0. The Morgan fingerprint density at radius 3 is 2.34 bits per heavy atom. The Bertz CT molecular complexity index is 1030. The van der Waals surface area contributed by atoms with Gasteiger partial charge in [-0.05, 0) is 60.0 Å². The number of esters is 1. The van der Waals surface area contributed by atoms with Gasteiger partial charge in [-0.1, -0.05) is 57.2 Å². The predicted molar refractivity (Wildman–Crippen MR) is 143 cm³/mol. The minimum absolute atomic E-state index is 0.0586. The van der Waals surface area contributed by atoms with Crippen molar-refractivity contribution in [2.45, 2.75) is 57.5 Å². The smallest absolute Gasteiger partial charge is 0.338 e. The van der Waals surface area contributed by atoms with E-state index in [0.29, 0.717) is 30.9 Å². The van der Waals surface area contributed by atoms with Crippen molar-refractivity contribution in [3.8, 4) is 5.75 Å². The van der Waals surface area contributed by atoms with E-state index in [0.717, 1.165) is 16.7 Å². The van der Waals surface area contributed by atoms with Crippen molar-refractivity contribution in [1.82, 2.24) is 0 Å². The van der Waals surface area contributed by atoms with Gasteiger partial charge in [0.2, 0.25) is 0 Å². The molecular weight excluding hydrogens is 456 g/mol. The van der Waals surface area contributed by atoms with Crippen molar-refractivity contribution in [3.05, 3.63) is 84.0 Å². The summed E-state index contributed by atoms with van der Waals surface area (Å²) in [6.07, 6.45) is 1.48. The molecule has 188 valence electrons. The maximum atomic E-state index is 13.3. The molecule has 1 aliphatic rings. The Hall–Kier alpha value is -2.67. The SMILES string of the molecule is C=CCC1=C(c2ccccc2)[C@H](OC(=O)c2ccc(OC)cc2)[C@@H](CO[Si](C)(C)C(C)(C)C)OC1. The number of ether oxygens (including phenoxy) is 3. The van der Waals surface area contributed by atoms with E-state index in [2.05, 4.69) is 40.4 Å². The standard InChI is InChI=1S/C29H38O5Si/c1-8-12-23-19-32-25(20-33-35(6,7)29(2,3)4)27(26(23)21-13-10-9-11-14-21)34-28(30)22-15-17-24(31-5)18-16-22/h8-11,13-18,25,27H,1,12,19-20H2,2-7H3/t25-,27-/m1/s1. The van der Waals surface area contributed by atoms with Crippen molar-refractivity contribution in [3.63, 3.8) is 0 Å². The van der Waals surface area contributed by atoms with Gasteiger partial charge in [0.15, 0.2) is 14.4 Å². The fraction of sp³-hybridized carbons (Fsp3) is 0.414. The molecule has 0 bridgehead atoms. The second kappa shape index (κ2) is 11.4. The second-order valence-corrected chi connectivity index (χ2v) is 15.2. The van der Waals surface area contributed by atoms with Gasteiger partial charge in [0, 0.05) is 5.57 Å². The molecule has 0 aliphatic carbocycles. The van der Waals surface area contributed by atoms with Crippen molar-refractivity contribution < 1.29 is 23.4 Å². The quantitative estimate of drug-likeness (QED) is 0.221. The molecule has 0 spiro atoms. The molecule has 1 heterocycles. The van der Waals surface area contributed by atoms with Crippen LogP contribution >= 0.6 is 0 Å². The zero-order valence-electron chi connectivity index (χ0n) is 21.8. The van der Waals surface area contributed by atoms with E-state index in [9.17, 15) is 4.79 Å². The van der Waals surface area contributed by atoms with Crippen LogP contribution in [0.3, 0.4) is 0 Å². The second-order valence-electron chi connectivity index (χ2n) is 10.4. The van der Waals surface area contributed by atoms with Gasteiger partial charge >= 0.3 is 5.97 Å². The van der Waals surface area contributed by atoms with Gasteiger partial charge in [-0.15, -0.1) is 6.58 Å². The van der Waals surface area contributed by atoms with Crippen LogP contribution in [0.4, 0.5) is 0 Å². The van der Waals surface area contributed by atoms with Gasteiger partial charge in [-0.25, -0.2) is 4.79 Å². The normalized spacial score (nSPS) is 18.8. The fourth-order valence-corrected chi connectivity index (χ4v) is 4.79. The largest absolute Gasteiger partial charge is 0.497 e. The Morgan fingerprint density at radius 2 is 1.77 bits per heavy atom. The molecule has 0 unspecified atom stereocenters. The highest BCUT2D eigenvalue weighted by molar-refractivity contribution is 6.74. The number of benzene rings is 2. The van der Waals surface area contributed by atoms with Crippen LogP contribution < -0.4 is 4.74 Å². The lowest BCUT2D eigenvalue weighted by Gasteiger charge is -2.40. The van der Waals surface area contributed by atoms with Crippen molar-refractivity contribution in [2.24, 2.45) is 0 Å². The number of carbonyl (C=O) groups excluding carboxylic acids is 1. The first kappa shape index (κ1) is 26.9. The molecule has 0 amide bonds. The van der Waals surface area contributed by atoms with Crippen LogP contribution in [0.5, 0.6) is 5.75 Å². The molecule has 6 heteroatoms. The highest BCUT2D eigenvalue weighted by Gasteiger charge is 2.41. The van der Waals surface area contributed by atoms with Gasteiger partial charge in [0.25, 0.3) is 0 Å². The number of hydrogen-bond acceptors (Lipinski definition) is 5. The number of carbonyl (C=O) groups is 1. The Morgan fingerprint density at radius 1 is 1.11 bits per heavy atom. The topological polar surface area (TPSA) is 54.0 Å². The van der Waals surface area contributed by atoms with Crippen molar-refractivity contribution in [2.75, 3.05) is 20.3 Å². The van der Waals surface area contributed by atoms with E-state index >= 15 is 0 Å². The highest BCUT2D eigenvalue weighted by atomic mass is 28.4. The first-order chi connectivity index (χ1) is 16.6. The Kier molecular flexibility index (Phi) is 8.75. The molecule has 0 aromatic heterocycles. The zero-order valence-corrected chi connectivity index (χ0v) is 22.8. The summed E-state index contributed by atoms with van der Waals surface area (Å²) in [5.41, 5.74) is 3.50. The fourth-order valence-electron chi connectivity index (χ4n) is 3.78.